The molecule has 2 heterocycles. The van der Waals surface area contributed by atoms with E-state index < -0.39 is 5.97 Å². The fourth-order valence-corrected chi connectivity index (χ4v) is 5.22. The SMILES string of the molecule is Cc1ccc(C2CCCCC2)n1Cc1cc(-c2ccccc2)sc1C(=O)O. The van der Waals surface area contributed by atoms with Gasteiger partial charge in [-0.2, -0.15) is 0 Å². The number of hydrogen-bond donors (Lipinski definition) is 1. The molecule has 4 rings (SSSR count). The van der Waals surface area contributed by atoms with Crippen molar-refractivity contribution in [2.24, 2.45) is 0 Å². The summed E-state index contributed by atoms with van der Waals surface area (Å²) in [6, 6.07) is 16.5. The van der Waals surface area contributed by atoms with Gasteiger partial charge in [-0.05, 0) is 55.0 Å². The van der Waals surface area contributed by atoms with Crippen LogP contribution < -0.4 is 0 Å². The number of carbonyl (C=O) groups is 1. The molecule has 1 N–H and O–H groups in total. The maximum atomic E-state index is 11.9. The predicted octanol–water partition coefficient (Wildman–Crippen LogP) is 6.32. The summed E-state index contributed by atoms with van der Waals surface area (Å²) in [6.07, 6.45) is 6.42. The second kappa shape index (κ2) is 7.73. The van der Waals surface area contributed by atoms with Crippen LogP contribution in [0.5, 0.6) is 0 Å². The molecule has 4 heteroatoms. The van der Waals surface area contributed by atoms with Gasteiger partial charge in [-0.15, -0.1) is 11.3 Å². The number of thiophene rings is 1. The van der Waals surface area contributed by atoms with Crippen LogP contribution in [0, 0.1) is 6.92 Å². The fourth-order valence-electron chi connectivity index (χ4n) is 4.20. The van der Waals surface area contributed by atoms with Gasteiger partial charge in [0.25, 0.3) is 0 Å². The van der Waals surface area contributed by atoms with E-state index in [-0.39, 0.29) is 0 Å². The van der Waals surface area contributed by atoms with Crippen molar-refractivity contribution in [1.29, 1.82) is 0 Å². The Labute approximate surface area is 164 Å². The average molecular weight is 380 g/mol. The van der Waals surface area contributed by atoms with Gasteiger partial charge in [-0.25, -0.2) is 4.79 Å². The van der Waals surface area contributed by atoms with Crippen molar-refractivity contribution in [1.82, 2.24) is 4.57 Å². The third-order valence-electron chi connectivity index (χ3n) is 5.65. The Morgan fingerprint density at radius 2 is 1.85 bits per heavy atom. The lowest BCUT2D eigenvalue weighted by Crippen LogP contribution is -2.13. The van der Waals surface area contributed by atoms with E-state index in [1.54, 1.807) is 0 Å². The topological polar surface area (TPSA) is 42.2 Å². The van der Waals surface area contributed by atoms with E-state index in [4.69, 9.17) is 0 Å². The van der Waals surface area contributed by atoms with Crippen LogP contribution in [0.2, 0.25) is 0 Å². The van der Waals surface area contributed by atoms with Gasteiger partial charge in [0, 0.05) is 22.8 Å². The van der Waals surface area contributed by atoms with Gasteiger partial charge in [-0.1, -0.05) is 49.6 Å². The number of hydrogen-bond acceptors (Lipinski definition) is 2. The van der Waals surface area contributed by atoms with E-state index in [9.17, 15) is 9.90 Å². The summed E-state index contributed by atoms with van der Waals surface area (Å²) >= 11 is 1.38. The first kappa shape index (κ1) is 18.1. The quantitative estimate of drug-likeness (QED) is 0.564. The first-order valence-electron chi connectivity index (χ1n) is 9.71. The molecule has 2 aromatic heterocycles. The number of aryl methyl sites for hydroxylation is 1. The molecule has 0 spiro atoms. The molecule has 3 aromatic rings. The molecule has 0 aliphatic heterocycles. The molecule has 3 nitrogen and oxygen atoms in total. The van der Waals surface area contributed by atoms with Crippen LogP contribution in [0.4, 0.5) is 0 Å². The number of rotatable bonds is 5. The lowest BCUT2D eigenvalue weighted by molar-refractivity contribution is 0.0701. The van der Waals surface area contributed by atoms with Crippen molar-refractivity contribution < 1.29 is 9.90 Å². The van der Waals surface area contributed by atoms with E-state index in [0.29, 0.717) is 17.3 Å². The lowest BCUT2D eigenvalue weighted by atomic mass is 9.87. The van der Waals surface area contributed by atoms with Crippen LogP contribution >= 0.6 is 11.3 Å². The Morgan fingerprint density at radius 3 is 2.56 bits per heavy atom. The number of aromatic carboxylic acids is 1. The van der Waals surface area contributed by atoms with Crippen LogP contribution in [0.3, 0.4) is 0 Å². The molecule has 1 aliphatic carbocycles. The summed E-state index contributed by atoms with van der Waals surface area (Å²) in [4.78, 5) is 13.3. The third-order valence-corrected chi connectivity index (χ3v) is 6.86. The summed E-state index contributed by atoms with van der Waals surface area (Å²) in [5, 5.41) is 9.74. The van der Waals surface area contributed by atoms with Crippen molar-refractivity contribution in [3.05, 3.63) is 70.4 Å². The van der Waals surface area contributed by atoms with Gasteiger partial charge in [0.05, 0.1) is 0 Å². The van der Waals surface area contributed by atoms with Crippen LogP contribution in [0.1, 0.15) is 64.6 Å². The zero-order chi connectivity index (χ0) is 18.8. The number of aromatic nitrogens is 1. The maximum absolute atomic E-state index is 11.9. The van der Waals surface area contributed by atoms with E-state index in [2.05, 4.69) is 29.7 Å². The normalized spacial score (nSPS) is 15.1. The molecule has 1 aliphatic rings. The summed E-state index contributed by atoms with van der Waals surface area (Å²) in [6.45, 7) is 2.76. The molecule has 0 unspecified atom stereocenters. The van der Waals surface area contributed by atoms with Crippen molar-refractivity contribution in [3.8, 4) is 10.4 Å². The molecular formula is C23H25NO2S. The molecule has 140 valence electrons. The zero-order valence-corrected chi connectivity index (χ0v) is 16.5. The van der Waals surface area contributed by atoms with E-state index in [0.717, 1.165) is 16.0 Å². The van der Waals surface area contributed by atoms with E-state index in [1.165, 1.54) is 54.8 Å². The number of benzene rings is 1. The van der Waals surface area contributed by atoms with Crippen molar-refractivity contribution >= 4 is 17.3 Å². The number of carboxylic acid groups (broad SMARTS) is 1. The zero-order valence-electron chi connectivity index (χ0n) is 15.6. The molecule has 1 aromatic carbocycles. The predicted molar refractivity (Wildman–Crippen MR) is 111 cm³/mol. The molecule has 27 heavy (non-hydrogen) atoms. The molecule has 0 bridgehead atoms. The second-order valence-electron chi connectivity index (χ2n) is 7.46. The molecule has 0 atom stereocenters. The van der Waals surface area contributed by atoms with Crippen molar-refractivity contribution in [2.45, 2.75) is 51.5 Å². The maximum Gasteiger partial charge on any atom is 0.346 e. The van der Waals surface area contributed by atoms with Crippen LogP contribution in [-0.4, -0.2) is 15.6 Å². The molecule has 0 amide bonds. The Balaban J connectivity index is 1.69. The Morgan fingerprint density at radius 1 is 1.11 bits per heavy atom. The highest BCUT2D eigenvalue weighted by Crippen LogP contribution is 2.36. The van der Waals surface area contributed by atoms with E-state index in [1.807, 2.05) is 30.3 Å². The van der Waals surface area contributed by atoms with Gasteiger partial charge < -0.3 is 9.67 Å². The molecule has 0 radical (unpaired) electrons. The second-order valence-corrected chi connectivity index (χ2v) is 8.51. The summed E-state index contributed by atoms with van der Waals surface area (Å²) in [5.41, 5.74) is 4.56. The smallest absolute Gasteiger partial charge is 0.346 e. The van der Waals surface area contributed by atoms with Crippen molar-refractivity contribution in [3.63, 3.8) is 0 Å². The van der Waals surface area contributed by atoms with Gasteiger partial charge in [-0.3, -0.25) is 0 Å². The fraction of sp³-hybridized carbons (Fsp3) is 0.348. The molecule has 1 saturated carbocycles. The van der Waals surface area contributed by atoms with Crippen LogP contribution in [0.15, 0.2) is 48.5 Å². The van der Waals surface area contributed by atoms with Crippen LogP contribution in [0.25, 0.3) is 10.4 Å². The van der Waals surface area contributed by atoms with Crippen LogP contribution in [-0.2, 0) is 6.54 Å². The highest BCUT2D eigenvalue weighted by Gasteiger charge is 2.22. The minimum absolute atomic E-state index is 0.455. The Hall–Kier alpha value is -2.33. The number of carboxylic acids is 1. The summed E-state index contributed by atoms with van der Waals surface area (Å²) in [7, 11) is 0. The Kier molecular flexibility index (Phi) is 5.17. The summed E-state index contributed by atoms with van der Waals surface area (Å²) in [5.74, 6) is -0.228. The first-order valence-corrected chi connectivity index (χ1v) is 10.5. The molecular weight excluding hydrogens is 354 g/mol. The minimum Gasteiger partial charge on any atom is -0.477 e. The van der Waals surface area contributed by atoms with Crippen molar-refractivity contribution in [2.75, 3.05) is 0 Å². The highest BCUT2D eigenvalue weighted by atomic mass is 32.1. The molecule has 1 fully saturated rings. The van der Waals surface area contributed by atoms with E-state index >= 15 is 0 Å². The number of nitrogens with zero attached hydrogens (tertiary/aromatic N) is 1. The van der Waals surface area contributed by atoms with Gasteiger partial charge in [0.2, 0.25) is 0 Å². The highest BCUT2D eigenvalue weighted by molar-refractivity contribution is 7.17. The van der Waals surface area contributed by atoms with Gasteiger partial charge >= 0.3 is 5.97 Å². The van der Waals surface area contributed by atoms with Gasteiger partial charge in [0.1, 0.15) is 4.88 Å². The largest absolute Gasteiger partial charge is 0.477 e. The monoisotopic (exact) mass is 379 g/mol. The third kappa shape index (κ3) is 3.72. The first-order chi connectivity index (χ1) is 13.1. The van der Waals surface area contributed by atoms with Gasteiger partial charge in [0.15, 0.2) is 0 Å². The summed E-state index contributed by atoms with van der Waals surface area (Å²) < 4.78 is 2.33. The average Bonchev–Trinajstić information content (AvgIpc) is 3.28. The Bertz CT molecular complexity index is 933. The minimum atomic E-state index is -0.832. The lowest BCUT2D eigenvalue weighted by Gasteiger charge is -2.24. The standard InChI is InChI=1S/C23H25NO2S/c1-16-12-13-20(17-8-4-2-5-9-17)24(16)15-19-14-21(27-22(19)23(25)26)18-10-6-3-7-11-18/h3,6-7,10-14,17H,2,4-5,8-9,15H2,1H3,(H,25,26). The molecule has 0 saturated heterocycles.